The summed E-state index contributed by atoms with van der Waals surface area (Å²) in [4.78, 5) is 10.4. The quantitative estimate of drug-likeness (QED) is 0.758. The fourth-order valence-corrected chi connectivity index (χ4v) is 1.26. The van der Waals surface area contributed by atoms with Crippen LogP contribution >= 0.6 is 11.8 Å². The number of thioether (sulfide) groups is 1. The molecule has 0 spiro atoms. The SMILES string of the molecule is CSCOc1ccc(CC(=O)O)cc1. The third-order valence-corrected chi connectivity index (χ3v) is 1.98. The highest BCUT2D eigenvalue weighted by atomic mass is 32.2. The van der Waals surface area contributed by atoms with Crippen LogP contribution in [0.1, 0.15) is 5.56 Å². The average Bonchev–Trinajstić information content (AvgIpc) is 2.16. The van der Waals surface area contributed by atoms with Gasteiger partial charge in [0.2, 0.25) is 0 Å². The summed E-state index contributed by atoms with van der Waals surface area (Å²) in [6.07, 6.45) is 2.02. The Labute approximate surface area is 87.1 Å². The van der Waals surface area contributed by atoms with E-state index in [0.29, 0.717) is 5.94 Å². The van der Waals surface area contributed by atoms with Crippen molar-refractivity contribution in [3.8, 4) is 5.75 Å². The predicted molar refractivity (Wildman–Crippen MR) is 56.8 cm³/mol. The van der Waals surface area contributed by atoms with Gasteiger partial charge in [0.15, 0.2) is 0 Å². The first kappa shape index (κ1) is 10.9. The largest absolute Gasteiger partial charge is 0.483 e. The first-order valence-corrected chi connectivity index (χ1v) is 5.54. The van der Waals surface area contributed by atoms with Crippen LogP contribution in [0.3, 0.4) is 0 Å². The molecule has 4 heteroatoms. The van der Waals surface area contributed by atoms with E-state index < -0.39 is 5.97 Å². The molecule has 14 heavy (non-hydrogen) atoms. The highest BCUT2D eigenvalue weighted by molar-refractivity contribution is 7.98. The zero-order valence-corrected chi connectivity index (χ0v) is 8.71. The van der Waals surface area contributed by atoms with Crippen molar-refractivity contribution in [2.75, 3.05) is 12.2 Å². The number of hydrogen-bond donors (Lipinski definition) is 1. The molecule has 0 unspecified atom stereocenters. The standard InChI is InChI=1S/C10H12O3S/c1-14-7-13-9-4-2-8(3-5-9)6-10(11)12/h2-5H,6-7H2,1H3,(H,11,12). The summed E-state index contributed by atoms with van der Waals surface area (Å²) in [5.41, 5.74) is 0.786. The third-order valence-electron chi connectivity index (χ3n) is 1.62. The Morgan fingerprint density at radius 1 is 1.43 bits per heavy atom. The maximum atomic E-state index is 10.4. The fourth-order valence-electron chi connectivity index (χ4n) is 1.01. The van der Waals surface area contributed by atoms with Gasteiger partial charge in [-0.3, -0.25) is 4.79 Å². The predicted octanol–water partition coefficient (Wildman–Crippen LogP) is 2.01. The molecular weight excluding hydrogens is 200 g/mol. The van der Waals surface area contributed by atoms with Crippen molar-refractivity contribution in [2.45, 2.75) is 6.42 Å². The fraction of sp³-hybridized carbons (Fsp3) is 0.300. The summed E-state index contributed by atoms with van der Waals surface area (Å²) in [6.45, 7) is 0. The Morgan fingerprint density at radius 3 is 2.57 bits per heavy atom. The van der Waals surface area contributed by atoms with Crippen LogP contribution in [0, 0.1) is 0 Å². The minimum absolute atomic E-state index is 0.0583. The summed E-state index contributed by atoms with van der Waals surface area (Å²) in [5.74, 6) is 0.564. The molecule has 0 aliphatic rings. The highest BCUT2D eigenvalue weighted by Crippen LogP contribution is 2.13. The maximum absolute atomic E-state index is 10.4. The molecule has 1 rings (SSSR count). The Balaban J connectivity index is 2.54. The van der Waals surface area contributed by atoms with Gasteiger partial charge in [0.05, 0.1) is 6.42 Å². The van der Waals surface area contributed by atoms with Gasteiger partial charge in [-0.15, -0.1) is 11.8 Å². The van der Waals surface area contributed by atoms with Crippen molar-refractivity contribution in [1.29, 1.82) is 0 Å². The van der Waals surface area contributed by atoms with Crippen LogP contribution in [0.4, 0.5) is 0 Å². The molecule has 0 heterocycles. The van der Waals surface area contributed by atoms with Crippen LogP contribution in [0.25, 0.3) is 0 Å². The molecule has 1 N–H and O–H groups in total. The van der Waals surface area contributed by atoms with Crippen molar-refractivity contribution in [3.63, 3.8) is 0 Å². The molecule has 1 aromatic carbocycles. The lowest BCUT2D eigenvalue weighted by molar-refractivity contribution is -0.136. The molecule has 0 fully saturated rings. The van der Waals surface area contributed by atoms with E-state index in [1.165, 1.54) is 0 Å². The lowest BCUT2D eigenvalue weighted by Gasteiger charge is -2.04. The van der Waals surface area contributed by atoms with Crippen molar-refractivity contribution < 1.29 is 14.6 Å². The lowest BCUT2D eigenvalue weighted by Crippen LogP contribution is -1.99. The van der Waals surface area contributed by atoms with Gasteiger partial charge in [-0.25, -0.2) is 0 Å². The molecule has 0 amide bonds. The van der Waals surface area contributed by atoms with Crippen molar-refractivity contribution in [3.05, 3.63) is 29.8 Å². The topological polar surface area (TPSA) is 46.5 Å². The van der Waals surface area contributed by atoms with Gasteiger partial charge < -0.3 is 9.84 Å². The van der Waals surface area contributed by atoms with Crippen molar-refractivity contribution >= 4 is 17.7 Å². The van der Waals surface area contributed by atoms with E-state index in [9.17, 15) is 4.79 Å². The number of benzene rings is 1. The molecule has 3 nitrogen and oxygen atoms in total. The van der Waals surface area contributed by atoms with Gasteiger partial charge in [-0.05, 0) is 24.0 Å². The number of hydrogen-bond acceptors (Lipinski definition) is 3. The average molecular weight is 212 g/mol. The minimum atomic E-state index is -0.817. The molecule has 0 aromatic heterocycles. The molecule has 0 saturated heterocycles. The lowest BCUT2D eigenvalue weighted by atomic mass is 10.1. The molecule has 0 aliphatic carbocycles. The first-order chi connectivity index (χ1) is 6.72. The summed E-state index contributed by atoms with van der Waals surface area (Å²) in [5, 5.41) is 8.54. The number of ether oxygens (including phenoxy) is 1. The van der Waals surface area contributed by atoms with Gasteiger partial charge >= 0.3 is 5.97 Å². The second-order valence-electron chi connectivity index (χ2n) is 2.77. The van der Waals surface area contributed by atoms with E-state index in [1.54, 1.807) is 36.0 Å². The van der Waals surface area contributed by atoms with Gasteiger partial charge in [-0.1, -0.05) is 12.1 Å². The van der Waals surface area contributed by atoms with Gasteiger partial charge in [0.25, 0.3) is 0 Å². The zero-order valence-electron chi connectivity index (χ0n) is 7.90. The normalized spacial score (nSPS) is 9.79. The monoisotopic (exact) mass is 212 g/mol. The van der Waals surface area contributed by atoms with Gasteiger partial charge in [0.1, 0.15) is 11.7 Å². The first-order valence-electron chi connectivity index (χ1n) is 4.15. The van der Waals surface area contributed by atoms with E-state index in [0.717, 1.165) is 11.3 Å². The zero-order chi connectivity index (χ0) is 10.4. The second kappa shape index (κ2) is 5.54. The Bertz CT molecular complexity index is 295. The molecular formula is C10H12O3S. The Hall–Kier alpha value is -1.16. The molecule has 76 valence electrons. The van der Waals surface area contributed by atoms with Crippen molar-refractivity contribution in [2.24, 2.45) is 0 Å². The van der Waals surface area contributed by atoms with Crippen LogP contribution in [0.2, 0.25) is 0 Å². The Kier molecular flexibility index (Phi) is 4.32. The van der Waals surface area contributed by atoms with Crippen molar-refractivity contribution in [1.82, 2.24) is 0 Å². The number of carboxylic acid groups (broad SMARTS) is 1. The summed E-state index contributed by atoms with van der Waals surface area (Å²) in [6, 6.07) is 7.11. The van der Waals surface area contributed by atoms with E-state index >= 15 is 0 Å². The van der Waals surface area contributed by atoms with Crippen LogP contribution in [-0.4, -0.2) is 23.3 Å². The number of carboxylic acids is 1. The molecule has 0 bridgehead atoms. The number of aliphatic carboxylic acids is 1. The van der Waals surface area contributed by atoms with Crippen LogP contribution in [-0.2, 0) is 11.2 Å². The van der Waals surface area contributed by atoms with E-state index in [1.807, 2.05) is 6.26 Å². The number of rotatable bonds is 5. The summed E-state index contributed by atoms with van der Waals surface area (Å²) >= 11 is 1.59. The van der Waals surface area contributed by atoms with Crippen LogP contribution in [0.5, 0.6) is 5.75 Å². The second-order valence-corrected chi connectivity index (χ2v) is 3.58. The van der Waals surface area contributed by atoms with Crippen LogP contribution in [0.15, 0.2) is 24.3 Å². The number of carbonyl (C=O) groups is 1. The summed E-state index contributed by atoms with van der Waals surface area (Å²) < 4.78 is 5.33. The third kappa shape index (κ3) is 3.70. The highest BCUT2D eigenvalue weighted by Gasteiger charge is 2.00. The minimum Gasteiger partial charge on any atom is -0.483 e. The molecule has 0 radical (unpaired) electrons. The summed E-state index contributed by atoms with van der Waals surface area (Å²) in [7, 11) is 0. The molecule has 1 aromatic rings. The van der Waals surface area contributed by atoms with E-state index in [2.05, 4.69) is 0 Å². The molecule has 0 aliphatic heterocycles. The van der Waals surface area contributed by atoms with E-state index in [-0.39, 0.29) is 6.42 Å². The van der Waals surface area contributed by atoms with Gasteiger partial charge in [0, 0.05) is 0 Å². The van der Waals surface area contributed by atoms with E-state index in [4.69, 9.17) is 9.84 Å². The molecule has 0 atom stereocenters. The molecule has 0 saturated carbocycles. The maximum Gasteiger partial charge on any atom is 0.307 e. The van der Waals surface area contributed by atoms with Gasteiger partial charge in [-0.2, -0.15) is 0 Å². The smallest absolute Gasteiger partial charge is 0.307 e. The van der Waals surface area contributed by atoms with Crippen LogP contribution < -0.4 is 4.74 Å². The Morgan fingerprint density at radius 2 is 2.07 bits per heavy atom.